The number of rotatable bonds is 4. The maximum Gasteiger partial charge on any atom is 0.251 e. The van der Waals surface area contributed by atoms with Gasteiger partial charge in [0.15, 0.2) is 0 Å². The molecule has 2 atom stereocenters. The lowest BCUT2D eigenvalue weighted by Gasteiger charge is -2.34. The number of piperidine rings is 1. The number of carbonyl (C=O) groups is 1. The van der Waals surface area contributed by atoms with Crippen LogP contribution in [0.5, 0.6) is 0 Å². The Bertz CT molecular complexity index is 727. The number of nitrogens with one attached hydrogen (secondary N) is 1. The van der Waals surface area contributed by atoms with Gasteiger partial charge in [-0.2, -0.15) is 4.31 Å². The second-order valence-corrected chi connectivity index (χ2v) is 10.4. The molecule has 0 bridgehead atoms. The molecule has 1 saturated heterocycles. The van der Waals surface area contributed by atoms with Gasteiger partial charge < -0.3 is 5.32 Å². The zero-order valence-electron chi connectivity index (χ0n) is 16.5. The van der Waals surface area contributed by atoms with Crippen LogP contribution >= 0.6 is 0 Å². The fourth-order valence-corrected chi connectivity index (χ4v) is 6.10. The summed E-state index contributed by atoms with van der Waals surface area (Å²) in [6.45, 7) is 5.32. The molecule has 1 amide bonds. The van der Waals surface area contributed by atoms with E-state index in [0.29, 0.717) is 30.5 Å². The van der Waals surface area contributed by atoms with E-state index in [0.717, 1.165) is 32.1 Å². The number of benzene rings is 1. The molecular formula is C21H32N2O3S. The Kier molecular flexibility index (Phi) is 6.58. The molecule has 3 rings (SSSR count). The van der Waals surface area contributed by atoms with Crippen LogP contribution in [0.3, 0.4) is 0 Å². The first kappa shape index (κ1) is 20.3. The molecular weight excluding hydrogens is 360 g/mol. The third kappa shape index (κ3) is 5.11. The van der Waals surface area contributed by atoms with Crippen LogP contribution in [0.2, 0.25) is 0 Å². The molecule has 0 spiro atoms. The fraction of sp³-hybridized carbons (Fsp3) is 0.667. The summed E-state index contributed by atoms with van der Waals surface area (Å²) in [5.74, 6) is 0.632. The van der Waals surface area contributed by atoms with Crippen LogP contribution in [0.4, 0.5) is 0 Å². The summed E-state index contributed by atoms with van der Waals surface area (Å²) in [6.07, 6.45) is 7.93. The minimum absolute atomic E-state index is 0.105. The van der Waals surface area contributed by atoms with Crippen molar-refractivity contribution < 1.29 is 13.2 Å². The molecule has 1 aromatic carbocycles. The van der Waals surface area contributed by atoms with Crippen molar-refractivity contribution in [1.82, 2.24) is 9.62 Å². The predicted octanol–water partition coefficient (Wildman–Crippen LogP) is 3.81. The van der Waals surface area contributed by atoms with E-state index in [2.05, 4.69) is 19.2 Å². The second kappa shape index (κ2) is 8.74. The summed E-state index contributed by atoms with van der Waals surface area (Å²) in [5.41, 5.74) is 0.526. The quantitative estimate of drug-likeness (QED) is 0.793. The highest BCUT2D eigenvalue weighted by molar-refractivity contribution is 7.89. The Labute approximate surface area is 163 Å². The predicted molar refractivity (Wildman–Crippen MR) is 107 cm³/mol. The second-order valence-electron chi connectivity index (χ2n) is 8.45. The third-order valence-electron chi connectivity index (χ3n) is 5.78. The minimum atomic E-state index is -3.50. The van der Waals surface area contributed by atoms with E-state index in [-0.39, 0.29) is 16.8 Å². The van der Waals surface area contributed by atoms with E-state index in [4.69, 9.17) is 0 Å². The third-order valence-corrected chi connectivity index (χ3v) is 7.63. The highest BCUT2D eigenvalue weighted by atomic mass is 32.2. The highest BCUT2D eigenvalue weighted by Gasteiger charge is 2.31. The Hall–Kier alpha value is -1.40. The zero-order valence-corrected chi connectivity index (χ0v) is 17.3. The first-order valence-corrected chi connectivity index (χ1v) is 11.7. The van der Waals surface area contributed by atoms with Crippen LogP contribution in [0, 0.1) is 11.8 Å². The van der Waals surface area contributed by atoms with Crippen LogP contribution in [0.1, 0.15) is 69.2 Å². The summed E-state index contributed by atoms with van der Waals surface area (Å²) in [5, 5.41) is 3.11. The molecule has 0 unspecified atom stereocenters. The largest absolute Gasteiger partial charge is 0.349 e. The number of amides is 1. The highest BCUT2D eigenvalue weighted by Crippen LogP contribution is 2.27. The van der Waals surface area contributed by atoms with Gasteiger partial charge in [0.25, 0.3) is 5.91 Å². The zero-order chi connectivity index (χ0) is 19.4. The van der Waals surface area contributed by atoms with E-state index >= 15 is 0 Å². The monoisotopic (exact) mass is 392 g/mol. The Morgan fingerprint density at radius 1 is 0.963 bits per heavy atom. The molecule has 150 valence electrons. The van der Waals surface area contributed by atoms with Crippen molar-refractivity contribution >= 4 is 15.9 Å². The molecule has 2 fully saturated rings. The van der Waals surface area contributed by atoms with E-state index < -0.39 is 10.0 Å². The number of hydrogen-bond donors (Lipinski definition) is 1. The Balaban J connectivity index is 1.67. The summed E-state index contributed by atoms with van der Waals surface area (Å²) in [4.78, 5) is 12.8. The van der Waals surface area contributed by atoms with Gasteiger partial charge in [-0.05, 0) is 55.4 Å². The van der Waals surface area contributed by atoms with Gasteiger partial charge in [0, 0.05) is 24.7 Å². The molecule has 0 aromatic heterocycles. The molecule has 27 heavy (non-hydrogen) atoms. The van der Waals surface area contributed by atoms with Gasteiger partial charge in [-0.1, -0.05) is 39.5 Å². The van der Waals surface area contributed by atoms with Crippen LogP contribution in [-0.2, 0) is 10.0 Å². The molecule has 1 N–H and O–H groups in total. The molecule has 1 aliphatic carbocycles. The lowest BCUT2D eigenvalue weighted by atomic mass is 9.94. The van der Waals surface area contributed by atoms with Gasteiger partial charge >= 0.3 is 0 Å². The first-order chi connectivity index (χ1) is 12.9. The van der Waals surface area contributed by atoms with E-state index in [9.17, 15) is 13.2 Å². The summed E-state index contributed by atoms with van der Waals surface area (Å²) < 4.78 is 27.5. The maximum absolute atomic E-state index is 12.9. The maximum atomic E-state index is 12.9. The van der Waals surface area contributed by atoms with Gasteiger partial charge in [0.2, 0.25) is 10.0 Å². The van der Waals surface area contributed by atoms with Crippen molar-refractivity contribution in [3.8, 4) is 0 Å². The molecule has 0 radical (unpaired) electrons. The SMILES string of the molecule is C[C@@H]1C[C@@H](C)CN(S(=O)(=O)c2ccc(C(=O)NC3CCCCCC3)cc2)C1. The Morgan fingerprint density at radius 3 is 2.07 bits per heavy atom. The average molecular weight is 393 g/mol. The van der Waals surface area contributed by atoms with Crippen molar-refractivity contribution in [2.75, 3.05) is 13.1 Å². The topological polar surface area (TPSA) is 66.5 Å². The minimum Gasteiger partial charge on any atom is -0.349 e. The van der Waals surface area contributed by atoms with Crippen molar-refractivity contribution in [2.45, 2.75) is 69.7 Å². The van der Waals surface area contributed by atoms with Gasteiger partial charge in [0.1, 0.15) is 0 Å². The van der Waals surface area contributed by atoms with E-state index in [1.54, 1.807) is 28.6 Å². The number of carbonyl (C=O) groups excluding carboxylic acids is 1. The first-order valence-electron chi connectivity index (χ1n) is 10.3. The molecule has 1 heterocycles. The standard InChI is InChI=1S/C21H32N2O3S/c1-16-13-17(2)15-23(14-16)27(25,26)20-11-9-18(10-12-20)21(24)22-19-7-5-3-4-6-8-19/h9-12,16-17,19H,3-8,13-15H2,1-2H3,(H,22,24)/t16-,17-/m1/s1. The summed E-state index contributed by atoms with van der Waals surface area (Å²) in [6, 6.07) is 6.65. The van der Waals surface area contributed by atoms with Crippen LogP contribution < -0.4 is 5.32 Å². The van der Waals surface area contributed by atoms with E-state index in [1.807, 2.05) is 0 Å². The fourth-order valence-electron chi connectivity index (χ4n) is 4.42. The summed E-state index contributed by atoms with van der Waals surface area (Å²) >= 11 is 0. The van der Waals surface area contributed by atoms with Gasteiger partial charge in [-0.3, -0.25) is 4.79 Å². The molecule has 2 aliphatic rings. The van der Waals surface area contributed by atoms with Crippen LogP contribution in [-0.4, -0.2) is 37.8 Å². The molecule has 5 nitrogen and oxygen atoms in total. The number of hydrogen-bond acceptors (Lipinski definition) is 3. The van der Waals surface area contributed by atoms with Gasteiger partial charge in [-0.15, -0.1) is 0 Å². The number of nitrogens with zero attached hydrogens (tertiary/aromatic N) is 1. The molecule has 1 aliphatic heterocycles. The van der Waals surface area contributed by atoms with Crippen molar-refractivity contribution in [3.63, 3.8) is 0 Å². The lowest BCUT2D eigenvalue weighted by Crippen LogP contribution is -2.42. The van der Waals surface area contributed by atoms with Gasteiger partial charge in [-0.25, -0.2) is 8.42 Å². The van der Waals surface area contributed by atoms with Crippen molar-refractivity contribution in [1.29, 1.82) is 0 Å². The normalized spacial score (nSPS) is 25.7. The average Bonchev–Trinajstić information content (AvgIpc) is 2.89. The van der Waals surface area contributed by atoms with E-state index in [1.165, 1.54) is 12.8 Å². The lowest BCUT2D eigenvalue weighted by molar-refractivity contribution is 0.0933. The summed E-state index contributed by atoms with van der Waals surface area (Å²) in [7, 11) is -3.50. The molecule has 6 heteroatoms. The smallest absolute Gasteiger partial charge is 0.251 e. The van der Waals surface area contributed by atoms with Crippen molar-refractivity contribution in [3.05, 3.63) is 29.8 Å². The Morgan fingerprint density at radius 2 is 1.52 bits per heavy atom. The van der Waals surface area contributed by atoms with Crippen LogP contribution in [0.15, 0.2) is 29.2 Å². The number of sulfonamides is 1. The van der Waals surface area contributed by atoms with Gasteiger partial charge in [0.05, 0.1) is 4.90 Å². The molecule has 1 aromatic rings. The van der Waals surface area contributed by atoms with Crippen molar-refractivity contribution in [2.24, 2.45) is 11.8 Å². The molecule has 1 saturated carbocycles. The van der Waals surface area contributed by atoms with Crippen LogP contribution in [0.25, 0.3) is 0 Å².